The summed E-state index contributed by atoms with van der Waals surface area (Å²) in [6, 6.07) is 6.77. The van der Waals surface area contributed by atoms with Crippen LogP contribution in [0.3, 0.4) is 0 Å². The van der Waals surface area contributed by atoms with Crippen LogP contribution in [0.4, 0.5) is 4.39 Å². The molecule has 0 radical (unpaired) electrons. The number of benzene rings is 1. The van der Waals surface area contributed by atoms with Gasteiger partial charge >= 0.3 is 0 Å². The summed E-state index contributed by atoms with van der Waals surface area (Å²) in [6.45, 7) is 6.01. The molecule has 4 rings (SSSR count). The molecule has 0 aliphatic carbocycles. The van der Waals surface area contributed by atoms with Crippen LogP contribution in [-0.2, 0) is 0 Å². The molecule has 0 amide bonds. The van der Waals surface area contributed by atoms with Gasteiger partial charge in [0.05, 0.1) is 32.8 Å². The predicted octanol–water partition coefficient (Wildman–Crippen LogP) is 4.68. The summed E-state index contributed by atoms with van der Waals surface area (Å²) in [5, 5.41) is 2.05. The van der Waals surface area contributed by atoms with Crippen molar-refractivity contribution >= 4 is 27.9 Å². The van der Waals surface area contributed by atoms with Gasteiger partial charge in [-0.05, 0) is 49.9 Å². The average molecular weight is 311 g/mol. The zero-order valence-corrected chi connectivity index (χ0v) is 13.3. The molecule has 22 heavy (non-hydrogen) atoms. The smallest absolute Gasteiger partial charge is 0.155 e. The number of rotatable bonds is 1. The molecule has 4 aromatic rings. The van der Waals surface area contributed by atoms with Gasteiger partial charge in [-0.3, -0.25) is 4.40 Å². The summed E-state index contributed by atoms with van der Waals surface area (Å²) in [7, 11) is 0. The fraction of sp³-hybridized carbons (Fsp3) is 0.176. The molecule has 0 N–H and O–H groups in total. The standard InChI is InChI=1S/C17H14FN3S/c1-9-6-7-22-16(9)17-20-11(3)15-10(2)19-13-5-4-12(18)8-14(13)21(15)17/h4-8H,1-3H3. The van der Waals surface area contributed by atoms with Crippen LogP contribution < -0.4 is 0 Å². The minimum absolute atomic E-state index is 0.264. The highest BCUT2D eigenvalue weighted by atomic mass is 32.1. The van der Waals surface area contributed by atoms with Gasteiger partial charge in [-0.25, -0.2) is 14.4 Å². The molecule has 0 atom stereocenters. The van der Waals surface area contributed by atoms with Gasteiger partial charge < -0.3 is 0 Å². The van der Waals surface area contributed by atoms with Crippen molar-refractivity contribution in [2.24, 2.45) is 0 Å². The zero-order chi connectivity index (χ0) is 15.4. The van der Waals surface area contributed by atoms with E-state index >= 15 is 0 Å². The van der Waals surface area contributed by atoms with Gasteiger partial charge in [-0.15, -0.1) is 11.3 Å². The van der Waals surface area contributed by atoms with Crippen molar-refractivity contribution in [3.05, 3.63) is 52.4 Å². The number of hydrogen-bond acceptors (Lipinski definition) is 3. The van der Waals surface area contributed by atoms with Gasteiger partial charge in [0.25, 0.3) is 0 Å². The number of aryl methyl sites for hydroxylation is 3. The molecule has 5 heteroatoms. The van der Waals surface area contributed by atoms with E-state index in [1.807, 2.05) is 18.2 Å². The molecule has 0 spiro atoms. The minimum Gasteiger partial charge on any atom is -0.288 e. The molecule has 0 aliphatic rings. The predicted molar refractivity (Wildman–Crippen MR) is 88.0 cm³/mol. The summed E-state index contributed by atoms with van der Waals surface area (Å²) in [5.74, 6) is 0.598. The lowest BCUT2D eigenvalue weighted by Gasteiger charge is -2.08. The Hall–Kier alpha value is -2.27. The van der Waals surface area contributed by atoms with E-state index in [9.17, 15) is 4.39 Å². The van der Waals surface area contributed by atoms with Crippen molar-refractivity contribution in [1.82, 2.24) is 14.4 Å². The second-order valence-electron chi connectivity index (χ2n) is 5.47. The first-order valence-electron chi connectivity index (χ1n) is 7.05. The molecular weight excluding hydrogens is 297 g/mol. The van der Waals surface area contributed by atoms with Crippen LogP contribution >= 0.6 is 11.3 Å². The molecule has 0 aliphatic heterocycles. The van der Waals surface area contributed by atoms with Crippen LogP contribution in [0.5, 0.6) is 0 Å². The summed E-state index contributed by atoms with van der Waals surface area (Å²) in [6.07, 6.45) is 0. The molecule has 0 bridgehead atoms. The lowest BCUT2D eigenvalue weighted by Crippen LogP contribution is -1.97. The Labute approximate surface area is 131 Å². The zero-order valence-electron chi connectivity index (χ0n) is 12.5. The Kier molecular flexibility index (Phi) is 2.81. The number of fused-ring (bicyclic) bond motifs is 3. The van der Waals surface area contributed by atoms with Crippen LogP contribution in [0.2, 0.25) is 0 Å². The fourth-order valence-corrected chi connectivity index (χ4v) is 3.85. The lowest BCUT2D eigenvalue weighted by atomic mass is 10.2. The maximum absolute atomic E-state index is 13.8. The van der Waals surface area contributed by atoms with Crippen molar-refractivity contribution in [3.8, 4) is 10.7 Å². The number of aromatic nitrogens is 3. The highest BCUT2D eigenvalue weighted by Crippen LogP contribution is 2.33. The van der Waals surface area contributed by atoms with Crippen LogP contribution in [0.1, 0.15) is 17.0 Å². The first-order valence-corrected chi connectivity index (χ1v) is 7.93. The van der Waals surface area contributed by atoms with Gasteiger partial charge in [0.2, 0.25) is 0 Å². The summed E-state index contributed by atoms with van der Waals surface area (Å²) in [4.78, 5) is 10.5. The van der Waals surface area contributed by atoms with Crippen molar-refractivity contribution in [2.45, 2.75) is 20.8 Å². The van der Waals surface area contributed by atoms with Gasteiger partial charge in [0, 0.05) is 6.07 Å². The Morgan fingerprint density at radius 1 is 1.05 bits per heavy atom. The maximum atomic E-state index is 13.8. The number of thiophene rings is 1. The molecular formula is C17H14FN3S. The Morgan fingerprint density at radius 2 is 1.82 bits per heavy atom. The maximum Gasteiger partial charge on any atom is 0.155 e. The second-order valence-corrected chi connectivity index (χ2v) is 6.38. The van der Waals surface area contributed by atoms with Crippen LogP contribution in [-0.4, -0.2) is 14.4 Å². The number of nitrogens with zero attached hydrogens (tertiary/aromatic N) is 3. The first-order chi connectivity index (χ1) is 10.6. The second kappa shape index (κ2) is 4.61. The van der Waals surface area contributed by atoms with Crippen molar-refractivity contribution < 1.29 is 4.39 Å². The molecule has 3 heterocycles. The highest BCUT2D eigenvalue weighted by molar-refractivity contribution is 7.13. The third-order valence-electron chi connectivity index (χ3n) is 3.93. The summed E-state index contributed by atoms with van der Waals surface area (Å²) in [5.41, 5.74) is 5.49. The number of imidazole rings is 1. The summed E-state index contributed by atoms with van der Waals surface area (Å²) >= 11 is 1.65. The van der Waals surface area contributed by atoms with Crippen molar-refractivity contribution in [3.63, 3.8) is 0 Å². The van der Waals surface area contributed by atoms with Gasteiger partial charge in [-0.1, -0.05) is 0 Å². The fourth-order valence-electron chi connectivity index (χ4n) is 2.95. The van der Waals surface area contributed by atoms with Crippen LogP contribution in [0, 0.1) is 26.6 Å². The molecule has 3 nitrogen and oxygen atoms in total. The van der Waals surface area contributed by atoms with Gasteiger partial charge in [0.15, 0.2) is 5.82 Å². The topological polar surface area (TPSA) is 30.2 Å². The monoisotopic (exact) mass is 311 g/mol. The average Bonchev–Trinajstić information content (AvgIpc) is 3.04. The molecule has 0 saturated heterocycles. The quantitative estimate of drug-likeness (QED) is 0.511. The SMILES string of the molecule is Cc1ccsc1-c1nc(C)c2c(C)nc3ccc(F)cc3n12. The third kappa shape index (κ3) is 1.78. The highest BCUT2D eigenvalue weighted by Gasteiger charge is 2.18. The van der Waals surface area contributed by atoms with E-state index in [0.29, 0.717) is 0 Å². The minimum atomic E-state index is -0.264. The molecule has 110 valence electrons. The molecule has 3 aromatic heterocycles. The van der Waals surface area contributed by atoms with Gasteiger partial charge in [-0.2, -0.15) is 0 Å². The van der Waals surface area contributed by atoms with E-state index in [-0.39, 0.29) is 5.82 Å². The Morgan fingerprint density at radius 3 is 2.55 bits per heavy atom. The van der Waals surface area contributed by atoms with E-state index in [4.69, 9.17) is 4.98 Å². The molecule has 0 saturated carbocycles. The summed E-state index contributed by atoms with van der Waals surface area (Å²) < 4.78 is 15.8. The van der Waals surface area contributed by atoms with E-state index in [2.05, 4.69) is 23.4 Å². The third-order valence-corrected chi connectivity index (χ3v) is 4.94. The number of halogens is 1. The Bertz CT molecular complexity index is 1030. The van der Waals surface area contributed by atoms with E-state index in [0.717, 1.165) is 38.6 Å². The van der Waals surface area contributed by atoms with Crippen molar-refractivity contribution in [1.29, 1.82) is 0 Å². The normalized spacial score (nSPS) is 11.6. The lowest BCUT2D eigenvalue weighted by molar-refractivity contribution is 0.629. The largest absolute Gasteiger partial charge is 0.288 e. The van der Waals surface area contributed by atoms with Crippen LogP contribution in [0.25, 0.3) is 27.3 Å². The molecule has 0 fully saturated rings. The van der Waals surface area contributed by atoms with E-state index in [1.165, 1.54) is 17.7 Å². The van der Waals surface area contributed by atoms with E-state index in [1.54, 1.807) is 17.4 Å². The molecule has 1 aromatic carbocycles. The van der Waals surface area contributed by atoms with Crippen molar-refractivity contribution in [2.75, 3.05) is 0 Å². The van der Waals surface area contributed by atoms with Gasteiger partial charge in [0.1, 0.15) is 5.82 Å². The number of hydrogen-bond donors (Lipinski definition) is 0. The molecule has 0 unspecified atom stereocenters. The van der Waals surface area contributed by atoms with Crippen LogP contribution in [0.15, 0.2) is 29.6 Å². The Balaban J connectivity index is 2.25. The van der Waals surface area contributed by atoms with E-state index < -0.39 is 0 Å². The first kappa shape index (κ1) is 13.4.